The van der Waals surface area contributed by atoms with Crippen molar-refractivity contribution in [3.63, 3.8) is 0 Å². The predicted molar refractivity (Wildman–Crippen MR) is 164 cm³/mol. The molecule has 6 rings (SSSR count). The number of hydrogen-bond acceptors (Lipinski definition) is 8. The van der Waals surface area contributed by atoms with Gasteiger partial charge in [-0.3, -0.25) is 10.2 Å². The van der Waals surface area contributed by atoms with Gasteiger partial charge in [-0.1, -0.05) is 67.8 Å². The van der Waals surface area contributed by atoms with Gasteiger partial charge in [0.15, 0.2) is 0 Å². The molecule has 4 N–H and O–H groups in total. The lowest BCUT2D eigenvalue weighted by Gasteiger charge is -2.31. The lowest BCUT2D eigenvalue weighted by atomic mass is 9.84. The summed E-state index contributed by atoms with van der Waals surface area (Å²) in [5.74, 6) is -0.218. The number of aromatic nitrogens is 1. The van der Waals surface area contributed by atoms with Crippen LogP contribution in [0.2, 0.25) is 0 Å². The minimum Gasteiger partial charge on any atom is -0.405 e. The molecule has 42 heavy (non-hydrogen) atoms. The third-order valence-corrected chi connectivity index (χ3v) is 7.96. The van der Waals surface area contributed by atoms with E-state index in [1.54, 1.807) is 0 Å². The van der Waals surface area contributed by atoms with Crippen molar-refractivity contribution in [3.8, 4) is 0 Å². The Bertz CT molecular complexity index is 1510. The summed E-state index contributed by atoms with van der Waals surface area (Å²) in [5, 5.41) is 11.7. The van der Waals surface area contributed by atoms with Crippen LogP contribution >= 0.6 is 0 Å². The molecule has 3 aliphatic rings. The van der Waals surface area contributed by atoms with E-state index in [1.807, 2.05) is 60.8 Å². The Morgan fingerprint density at radius 1 is 1.05 bits per heavy atom. The molecule has 2 aliphatic heterocycles. The number of morpholine rings is 1. The van der Waals surface area contributed by atoms with Crippen molar-refractivity contribution in [1.29, 1.82) is 5.41 Å². The highest BCUT2D eigenvalue weighted by molar-refractivity contribution is 6.19. The van der Waals surface area contributed by atoms with E-state index in [9.17, 15) is 4.79 Å². The number of ether oxygens (including phenoxy) is 2. The monoisotopic (exact) mass is 565 g/mol. The normalized spacial score (nSPS) is 19.8. The Labute approximate surface area is 245 Å². The van der Waals surface area contributed by atoms with Crippen LogP contribution in [0, 0.1) is 5.41 Å². The second-order valence-corrected chi connectivity index (χ2v) is 10.7. The zero-order valence-electron chi connectivity index (χ0n) is 23.5. The number of pyridine rings is 1. The van der Waals surface area contributed by atoms with Crippen LogP contribution in [0.3, 0.4) is 0 Å². The maximum atomic E-state index is 13.2. The van der Waals surface area contributed by atoms with Gasteiger partial charge in [0.1, 0.15) is 5.69 Å². The van der Waals surface area contributed by atoms with Gasteiger partial charge in [-0.25, -0.2) is 9.98 Å². The molecule has 0 radical (unpaired) electrons. The van der Waals surface area contributed by atoms with E-state index in [4.69, 9.17) is 25.6 Å². The number of nitrogens with zero attached hydrogens (tertiary/aromatic N) is 4. The number of hydrogen-bond donors (Lipinski definition) is 3. The first-order valence-corrected chi connectivity index (χ1v) is 14.5. The summed E-state index contributed by atoms with van der Waals surface area (Å²) in [5.41, 5.74) is 11.4. The van der Waals surface area contributed by atoms with E-state index >= 15 is 0 Å². The number of amides is 1. The van der Waals surface area contributed by atoms with Crippen LogP contribution in [-0.4, -0.2) is 61.0 Å². The molecular weight excluding hydrogens is 530 g/mol. The van der Waals surface area contributed by atoms with Crippen molar-refractivity contribution >= 4 is 34.9 Å². The number of benzene rings is 2. The number of rotatable bonds is 5. The predicted octanol–water partition coefficient (Wildman–Crippen LogP) is 4.44. The van der Waals surface area contributed by atoms with Crippen molar-refractivity contribution in [2.24, 2.45) is 15.7 Å². The summed E-state index contributed by atoms with van der Waals surface area (Å²) in [6.07, 6.45) is 6.66. The summed E-state index contributed by atoms with van der Waals surface area (Å²) in [4.78, 5) is 29.0. The average Bonchev–Trinajstić information content (AvgIpc) is 3.17. The summed E-state index contributed by atoms with van der Waals surface area (Å²) in [6.45, 7) is 2.59. The Kier molecular flexibility index (Phi) is 8.23. The number of anilines is 2. The smallest absolute Gasteiger partial charge is 0.291 e. The second-order valence-electron chi connectivity index (χ2n) is 10.7. The first-order chi connectivity index (χ1) is 20.6. The Morgan fingerprint density at radius 2 is 1.79 bits per heavy atom. The fraction of sp³-hybridized carbons (Fsp3) is 0.344. The van der Waals surface area contributed by atoms with Crippen LogP contribution in [0.25, 0.3) is 0 Å². The van der Waals surface area contributed by atoms with Gasteiger partial charge in [0, 0.05) is 30.4 Å². The molecule has 10 heteroatoms. The number of aliphatic imine (C=N–C) groups is 2. The second kappa shape index (κ2) is 12.5. The van der Waals surface area contributed by atoms with Crippen molar-refractivity contribution in [2.45, 2.75) is 44.2 Å². The van der Waals surface area contributed by atoms with Gasteiger partial charge in [0.25, 0.3) is 11.9 Å². The molecule has 2 fully saturated rings. The quantitative estimate of drug-likeness (QED) is 0.309. The molecule has 1 saturated heterocycles. The van der Waals surface area contributed by atoms with Gasteiger partial charge in [-0.2, -0.15) is 4.99 Å². The van der Waals surface area contributed by atoms with Crippen LogP contribution in [0.15, 0.2) is 76.8 Å². The molecule has 1 saturated carbocycles. The number of nitrogens with one attached hydrogen (secondary N) is 2. The maximum absolute atomic E-state index is 13.2. The number of fused-ring (bicyclic) bond motifs is 1. The standard InChI is InChI=1S/C32H35N7O3/c33-29(28-26(39-15-17-41-18-16-39)19-23(20-35-28)21-9-3-1-4-10-21)42-32(34)38-30-31(40)36-25-14-8-7-13-24(25)27(37-30)22-11-5-2-6-12-22/h2,5-8,11-14,19-21,30,33H,1,3-4,9-10,15-18H2,(H2,34,38)(H,36,40). The Balaban J connectivity index is 1.28. The summed E-state index contributed by atoms with van der Waals surface area (Å²) in [6, 6.07) is 18.9. The molecule has 1 atom stereocenters. The van der Waals surface area contributed by atoms with Crippen LogP contribution < -0.4 is 16.0 Å². The van der Waals surface area contributed by atoms with Crippen LogP contribution in [0.4, 0.5) is 11.4 Å². The van der Waals surface area contributed by atoms with E-state index < -0.39 is 12.1 Å². The number of amidine groups is 1. The van der Waals surface area contributed by atoms with Crippen molar-refractivity contribution in [3.05, 3.63) is 89.2 Å². The number of nitrogens with two attached hydrogens (primary N) is 1. The van der Waals surface area contributed by atoms with E-state index in [1.165, 1.54) is 24.8 Å². The minimum absolute atomic E-state index is 0.238. The molecule has 1 unspecified atom stereocenters. The van der Waals surface area contributed by atoms with E-state index in [0.717, 1.165) is 29.7 Å². The fourth-order valence-electron chi connectivity index (χ4n) is 5.81. The lowest BCUT2D eigenvalue weighted by Crippen LogP contribution is -2.38. The minimum atomic E-state index is -1.21. The molecule has 0 spiro atoms. The largest absolute Gasteiger partial charge is 0.405 e. The SMILES string of the molecule is N=C(OC(N)=NC1N=C(c2ccccc2)c2ccccc2NC1=O)c1ncc(C2CCCCC2)cc1N1CCOCC1. The van der Waals surface area contributed by atoms with Crippen molar-refractivity contribution in [1.82, 2.24) is 4.98 Å². The van der Waals surface area contributed by atoms with E-state index in [2.05, 4.69) is 26.3 Å². The molecule has 3 heterocycles. The van der Waals surface area contributed by atoms with Gasteiger partial charge in [0.05, 0.1) is 30.3 Å². The van der Waals surface area contributed by atoms with Crippen LogP contribution in [-0.2, 0) is 14.3 Å². The average molecular weight is 566 g/mol. The lowest BCUT2D eigenvalue weighted by molar-refractivity contribution is -0.117. The van der Waals surface area contributed by atoms with Gasteiger partial charge >= 0.3 is 0 Å². The van der Waals surface area contributed by atoms with Gasteiger partial charge in [-0.15, -0.1) is 0 Å². The molecule has 1 aliphatic carbocycles. The molecule has 216 valence electrons. The van der Waals surface area contributed by atoms with Crippen molar-refractivity contribution < 1.29 is 14.3 Å². The first kappa shape index (κ1) is 27.6. The molecule has 2 aromatic carbocycles. The van der Waals surface area contributed by atoms with Crippen LogP contribution in [0.5, 0.6) is 0 Å². The molecular formula is C32H35N7O3. The number of carbonyl (C=O) groups excluding carboxylic acids is 1. The summed E-state index contributed by atoms with van der Waals surface area (Å²) >= 11 is 0. The summed E-state index contributed by atoms with van der Waals surface area (Å²) in [7, 11) is 0. The number of benzodiazepines with no additional fused rings is 1. The van der Waals surface area contributed by atoms with E-state index in [-0.39, 0.29) is 11.9 Å². The Morgan fingerprint density at radius 3 is 2.57 bits per heavy atom. The Hall–Kier alpha value is -4.57. The van der Waals surface area contributed by atoms with Gasteiger partial charge in [-0.05, 0) is 36.5 Å². The molecule has 3 aromatic rings. The molecule has 1 amide bonds. The highest BCUT2D eigenvalue weighted by Gasteiger charge is 2.27. The zero-order chi connectivity index (χ0) is 28.9. The number of carbonyl (C=O) groups is 1. The molecule has 0 bridgehead atoms. The maximum Gasteiger partial charge on any atom is 0.291 e. The number of para-hydroxylation sites is 1. The third kappa shape index (κ3) is 6.03. The zero-order valence-corrected chi connectivity index (χ0v) is 23.5. The first-order valence-electron chi connectivity index (χ1n) is 14.5. The van der Waals surface area contributed by atoms with Gasteiger partial charge < -0.3 is 25.4 Å². The van der Waals surface area contributed by atoms with E-state index in [0.29, 0.717) is 49.3 Å². The summed E-state index contributed by atoms with van der Waals surface area (Å²) < 4.78 is 11.3. The molecule has 10 nitrogen and oxygen atoms in total. The fourth-order valence-corrected chi connectivity index (χ4v) is 5.81. The highest BCUT2D eigenvalue weighted by atomic mass is 16.5. The van der Waals surface area contributed by atoms with Crippen molar-refractivity contribution in [2.75, 3.05) is 36.5 Å². The topological polar surface area (TPSA) is 138 Å². The highest BCUT2D eigenvalue weighted by Crippen LogP contribution is 2.35. The molecule has 1 aromatic heterocycles. The van der Waals surface area contributed by atoms with Gasteiger partial charge in [0.2, 0.25) is 12.1 Å². The third-order valence-electron chi connectivity index (χ3n) is 7.96. The van der Waals surface area contributed by atoms with Crippen LogP contribution in [0.1, 0.15) is 60.4 Å².